The van der Waals surface area contributed by atoms with E-state index in [2.05, 4.69) is 10.3 Å². The van der Waals surface area contributed by atoms with Crippen molar-refractivity contribution < 1.29 is 22.8 Å². The van der Waals surface area contributed by atoms with Crippen LogP contribution in [0.3, 0.4) is 0 Å². The number of para-hydroxylation sites is 1. The Morgan fingerprint density at radius 3 is 2.43 bits per heavy atom. The van der Waals surface area contributed by atoms with Gasteiger partial charge < -0.3 is 10.2 Å². The molecule has 0 aliphatic rings. The van der Waals surface area contributed by atoms with Crippen LogP contribution in [0.1, 0.15) is 19.4 Å². The smallest absolute Gasteiger partial charge is 0.330 e. The summed E-state index contributed by atoms with van der Waals surface area (Å²) in [6, 6.07) is 9.75. The molecule has 1 heterocycles. The lowest BCUT2D eigenvalue weighted by molar-refractivity contribution is -0.137. The maximum atomic E-state index is 13.1. The van der Waals surface area contributed by atoms with E-state index in [0.29, 0.717) is 5.03 Å². The second-order valence-electron chi connectivity index (χ2n) is 6.16. The molecule has 0 spiro atoms. The van der Waals surface area contributed by atoms with Crippen LogP contribution in [0.4, 0.5) is 18.9 Å². The minimum absolute atomic E-state index is 0.0710. The molecule has 0 saturated heterocycles. The number of carbonyl (C=O) groups excluding carboxylic acids is 2. The van der Waals surface area contributed by atoms with Gasteiger partial charge in [0.05, 0.1) is 22.0 Å². The molecule has 150 valence electrons. The number of hydrogen-bond donors (Lipinski definition) is 1. The summed E-state index contributed by atoms with van der Waals surface area (Å²) in [6.45, 7) is 3.13. The molecule has 1 aromatic heterocycles. The number of anilines is 1. The van der Waals surface area contributed by atoms with Crippen molar-refractivity contribution in [2.45, 2.75) is 31.1 Å². The van der Waals surface area contributed by atoms with Crippen LogP contribution in [0.25, 0.3) is 0 Å². The van der Waals surface area contributed by atoms with Crippen LogP contribution in [-0.4, -0.2) is 40.0 Å². The maximum Gasteiger partial charge on any atom is 0.418 e. The Bertz CT molecular complexity index is 814. The Balaban J connectivity index is 2.02. The van der Waals surface area contributed by atoms with Crippen LogP contribution in [0.5, 0.6) is 0 Å². The van der Waals surface area contributed by atoms with Crippen LogP contribution >= 0.6 is 11.8 Å². The summed E-state index contributed by atoms with van der Waals surface area (Å²) in [7, 11) is 0. The fourth-order valence-electron chi connectivity index (χ4n) is 2.39. The summed E-state index contributed by atoms with van der Waals surface area (Å²) in [5.74, 6) is -0.923. The highest BCUT2D eigenvalue weighted by molar-refractivity contribution is 7.99. The fourth-order valence-corrected chi connectivity index (χ4v) is 3.14. The topological polar surface area (TPSA) is 62.3 Å². The number of halogens is 3. The molecule has 0 unspecified atom stereocenters. The molecule has 0 fully saturated rings. The van der Waals surface area contributed by atoms with Crippen LogP contribution in [0.15, 0.2) is 53.7 Å². The van der Waals surface area contributed by atoms with Gasteiger partial charge in [-0.2, -0.15) is 13.2 Å². The molecule has 0 radical (unpaired) electrons. The van der Waals surface area contributed by atoms with E-state index in [-0.39, 0.29) is 29.9 Å². The molecule has 9 heteroatoms. The van der Waals surface area contributed by atoms with E-state index >= 15 is 0 Å². The molecule has 28 heavy (non-hydrogen) atoms. The first kappa shape index (κ1) is 21.7. The highest BCUT2D eigenvalue weighted by Crippen LogP contribution is 2.34. The van der Waals surface area contributed by atoms with Gasteiger partial charge in [0, 0.05) is 12.2 Å². The summed E-state index contributed by atoms with van der Waals surface area (Å²) in [5.41, 5.74) is -1.27. The molecule has 5 nitrogen and oxygen atoms in total. The van der Waals surface area contributed by atoms with Gasteiger partial charge in [0.15, 0.2) is 0 Å². The largest absolute Gasteiger partial charge is 0.418 e. The van der Waals surface area contributed by atoms with Gasteiger partial charge in [-0.05, 0) is 38.1 Å². The number of carbonyl (C=O) groups is 2. The highest BCUT2D eigenvalue weighted by atomic mass is 32.2. The van der Waals surface area contributed by atoms with Gasteiger partial charge in [-0.1, -0.05) is 30.0 Å². The first-order valence-electron chi connectivity index (χ1n) is 8.48. The lowest BCUT2D eigenvalue weighted by Crippen LogP contribution is -2.43. The third kappa shape index (κ3) is 6.26. The van der Waals surface area contributed by atoms with Crippen molar-refractivity contribution in [1.29, 1.82) is 0 Å². The van der Waals surface area contributed by atoms with E-state index < -0.39 is 17.6 Å². The zero-order valence-corrected chi connectivity index (χ0v) is 16.2. The van der Waals surface area contributed by atoms with Gasteiger partial charge in [0.1, 0.15) is 6.54 Å². The SMILES string of the molecule is CC(C)N(CC(=O)Nc1ccccc1C(F)(F)F)C(=O)CSc1ccccn1. The van der Waals surface area contributed by atoms with E-state index in [0.717, 1.165) is 6.07 Å². The van der Waals surface area contributed by atoms with Crippen molar-refractivity contribution in [3.63, 3.8) is 0 Å². The minimum atomic E-state index is -4.59. The number of alkyl halides is 3. The van der Waals surface area contributed by atoms with Gasteiger partial charge in [-0.15, -0.1) is 0 Å². The van der Waals surface area contributed by atoms with E-state index in [1.54, 1.807) is 38.2 Å². The third-order valence-electron chi connectivity index (χ3n) is 3.75. The normalized spacial score (nSPS) is 11.4. The average molecular weight is 411 g/mol. The van der Waals surface area contributed by atoms with E-state index in [9.17, 15) is 22.8 Å². The monoisotopic (exact) mass is 411 g/mol. The molecular formula is C19H20F3N3O2S. The lowest BCUT2D eigenvalue weighted by atomic mass is 10.1. The van der Waals surface area contributed by atoms with Crippen LogP contribution in [0, 0.1) is 0 Å². The maximum absolute atomic E-state index is 13.1. The van der Waals surface area contributed by atoms with Gasteiger partial charge in [-0.3, -0.25) is 9.59 Å². The van der Waals surface area contributed by atoms with Crippen LogP contribution in [-0.2, 0) is 15.8 Å². The number of nitrogens with one attached hydrogen (secondary N) is 1. The standard InChI is InChI=1S/C19H20F3N3O2S/c1-13(2)25(18(27)12-28-17-9-5-6-10-23-17)11-16(26)24-15-8-4-3-7-14(15)19(20,21)22/h3-10,13H,11-12H2,1-2H3,(H,24,26). The predicted octanol–water partition coefficient (Wildman–Crippen LogP) is 4.07. The summed E-state index contributed by atoms with van der Waals surface area (Å²) in [4.78, 5) is 30.2. The first-order valence-corrected chi connectivity index (χ1v) is 9.46. The van der Waals surface area contributed by atoms with Crippen molar-refractivity contribution in [2.24, 2.45) is 0 Å². The second-order valence-corrected chi connectivity index (χ2v) is 7.16. The second kappa shape index (κ2) is 9.59. The summed E-state index contributed by atoms with van der Waals surface area (Å²) in [5, 5.41) is 2.93. The number of rotatable bonds is 7. The summed E-state index contributed by atoms with van der Waals surface area (Å²) in [6.07, 6.45) is -2.98. The predicted molar refractivity (Wildman–Crippen MR) is 102 cm³/mol. The molecule has 2 aromatic rings. The number of amides is 2. The Morgan fingerprint density at radius 2 is 1.82 bits per heavy atom. The zero-order valence-electron chi connectivity index (χ0n) is 15.4. The van der Waals surface area contributed by atoms with Crippen molar-refractivity contribution in [3.05, 3.63) is 54.2 Å². The average Bonchev–Trinajstić information content (AvgIpc) is 2.64. The summed E-state index contributed by atoms with van der Waals surface area (Å²) >= 11 is 1.23. The Morgan fingerprint density at radius 1 is 1.14 bits per heavy atom. The number of hydrogen-bond acceptors (Lipinski definition) is 4. The van der Waals surface area contributed by atoms with Gasteiger partial charge >= 0.3 is 6.18 Å². The van der Waals surface area contributed by atoms with Gasteiger partial charge in [-0.25, -0.2) is 4.98 Å². The van der Waals surface area contributed by atoms with Gasteiger partial charge in [0.2, 0.25) is 11.8 Å². The molecule has 2 amide bonds. The molecule has 1 aromatic carbocycles. The van der Waals surface area contributed by atoms with Crippen molar-refractivity contribution in [2.75, 3.05) is 17.6 Å². The van der Waals surface area contributed by atoms with Crippen molar-refractivity contribution in [1.82, 2.24) is 9.88 Å². The zero-order chi connectivity index (χ0) is 20.7. The van der Waals surface area contributed by atoms with Crippen molar-refractivity contribution in [3.8, 4) is 0 Å². The van der Waals surface area contributed by atoms with E-state index in [1.165, 1.54) is 34.9 Å². The Kier molecular flexibility index (Phi) is 7.45. The third-order valence-corrected chi connectivity index (χ3v) is 4.67. The molecule has 0 aliphatic carbocycles. The molecule has 0 bridgehead atoms. The van der Waals surface area contributed by atoms with Crippen LogP contribution < -0.4 is 5.32 Å². The molecule has 0 atom stereocenters. The van der Waals surface area contributed by atoms with Crippen LogP contribution in [0.2, 0.25) is 0 Å². The number of pyridine rings is 1. The van der Waals surface area contributed by atoms with Crippen molar-refractivity contribution >= 4 is 29.3 Å². The molecular weight excluding hydrogens is 391 g/mol. The number of aromatic nitrogens is 1. The fraction of sp³-hybridized carbons (Fsp3) is 0.316. The molecule has 0 aliphatic heterocycles. The molecule has 1 N–H and O–H groups in total. The van der Waals surface area contributed by atoms with E-state index in [1.807, 2.05) is 0 Å². The number of benzene rings is 1. The minimum Gasteiger partial charge on any atom is -0.330 e. The molecule has 0 saturated carbocycles. The van der Waals surface area contributed by atoms with Gasteiger partial charge in [0.25, 0.3) is 0 Å². The Hall–Kier alpha value is -2.55. The highest BCUT2D eigenvalue weighted by Gasteiger charge is 2.33. The first-order chi connectivity index (χ1) is 13.2. The Labute approximate surface area is 165 Å². The summed E-state index contributed by atoms with van der Waals surface area (Å²) < 4.78 is 39.2. The lowest BCUT2D eigenvalue weighted by Gasteiger charge is -2.26. The number of thioether (sulfide) groups is 1. The molecule has 2 rings (SSSR count). The number of nitrogens with zero attached hydrogens (tertiary/aromatic N) is 2. The van der Waals surface area contributed by atoms with E-state index in [4.69, 9.17) is 0 Å². The quantitative estimate of drug-likeness (QED) is 0.698.